The molecule has 0 saturated carbocycles. The van der Waals surface area contributed by atoms with Crippen molar-refractivity contribution < 1.29 is 9.53 Å². The third-order valence-electron chi connectivity index (χ3n) is 4.36. The monoisotopic (exact) mass is 292 g/mol. The van der Waals surface area contributed by atoms with Crippen LogP contribution >= 0.6 is 0 Å². The molecule has 2 N–H and O–H groups in total. The summed E-state index contributed by atoms with van der Waals surface area (Å²) in [4.78, 5) is 14.7. The molecule has 21 heavy (non-hydrogen) atoms. The van der Waals surface area contributed by atoms with Gasteiger partial charge in [0.25, 0.3) is 5.91 Å². The maximum absolute atomic E-state index is 12.3. The zero-order chi connectivity index (χ0) is 14.7. The van der Waals surface area contributed by atoms with Crippen LogP contribution in [0.4, 0.5) is 0 Å². The van der Waals surface area contributed by atoms with Crippen LogP contribution in [0.25, 0.3) is 0 Å². The largest absolute Gasteiger partial charge is 0.378 e. The first-order valence-electron chi connectivity index (χ1n) is 7.95. The maximum Gasteiger partial charge on any atom is 0.272 e. The van der Waals surface area contributed by atoms with Crippen molar-refractivity contribution in [3.05, 3.63) is 17.5 Å². The molecule has 1 amide bonds. The second-order valence-electron chi connectivity index (χ2n) is 5.96. The van der Waals surface area contributed by atoms with E-state index in [1.54, 1.807) is 0 Å². The van der Waals surface area contributed by atoms with Gasteiger partial charge in [-0.2, -0.15) is 5.10 Å². The first-order valence-corrected chi connectivity index (χ1v) is 7.95. The van der Waals surface area contributed by atoms with Gasteiger partial charge < -0.3 is 10.1 Å². The van der Waals surface area contributed by atoms with Crippen molar-refractivity contribution in [2.75, 3.05) is 26.3 Å². The molecular formula is C15H24N4O2. The van der Waals surface area contributed by atoms with Crippen molar-refractivity contribution in [2.45, 2.75) is 44.7 Å². The van der Waals surface area contributed by atoms with E-state index in [9.17, 15) is 4.79 Å². The van der Waals surface area contributed by atoms with Crippen LogP contribution in [0.3, 0.4) is 0 Å². The normalized spacial score (nSPS) is 26.3. The molecule has 3 heterocycles. The number of amides is 1. The number of H-pyrrole nitrogens is 1. The molecule has 0 radical (unpaired) electrons. The Morgan fingerprint density at radius 3 is 3.05 bits per heavy atom. The van der Waals surface area contributed by atoms with Gasteiger partial charge in [-0.15, -0.1) is 0 Å². The van der Waals surface area contributed by atoms with Crippen molar-refractivity contribution >= 4 is 5.91 Å². The molecule has 0 bridgehead atoms. The molecule has 1 aromatic heterocycles. The Balaban J connectivity index is 1.60. The molecule has 6 nitrogen and oxygen atoms in total. The summed E-state index contributed by atoms with van der Waals surface area (Å²) in [6, 6.07) is 2.23. The predicted molar refractivity (Wildman–Crippen MR) is 79.3 cm³/mol. The fraction of sp³-hybridized carbons (Fsp3) is 0.733. The highest BCUT2D eigenvalue weighted by Gasteiger charge is 2.35. The van der Waals surface area contributed by atoms with E-state index in [4.69, 9.17) is 4.74 Å². The number of rotatable bonds is 5. The minimum Gasteiger partial charge on any atom is -0.378 e. The third kappa shape index (κ3) is 3.27. The Hall–Kier alpha value is -1.40. The maximum atomic E-state index is 12.3. The smallest absolute Gasteiger partial charge is 0.272 e. The summed E-state index contributed by atoms with van der Waals surface area (Å²) in [6.07, 6.45) is 4.45. The standard InChI is InChI=1S/C15H24N4O2/c1-2-5-11-8-12(18-17-11)15(20)16-13-9-21-10-14(13)19-6-3-4-7-19/h8,13-14H,2-7,9-10H2,1H3,(H,16,20)(H,17,18)/t13-,14-/m1/s1. The lowest BCUT2D eigenvalue weighted by molar-refractivity contribution is 0.0911. The number of aromatic nitrogens is 2. The van der Waals surface area contributed by atoms with Gasteiger partial charge in [-0.1, -0.05) is 13.3 Å². The Morgan fingerprint density at radius 1 is 1.48 bits per heavy atom. The van der Waals surface area contributed by atoms with Crippen LogP contribution in [0, 0.1) is 0 Å². The predicted octanol–water partition coefficient (Wildman–Crippen LogP) is 0.955. The second kappa shape index (κ2) is 6.58. The summed E-state index contributed by atoms with van der Waals surface area (Å²) < 4.78 is 5.58. The molecule has 2 aliphatic rings. The van der Waals surface area contributed by atoms with Crippen LogP contribution in [0.1, 0.15) is 42.4 Å². The number of nitrogens with zero attached hydrogens (tertiary/aromatic N) is 2. The lowest BCUT2D eigenvalue weighted by atomic mass is 10.1. The highest BCUT2D eigenvalue weighted by atomic mass is 16.5. The second-order valence-corrected chi connectivity index (χ2v) is 5.96. The lowest BCUT2D eigenvalue weighted by Gasteiger charge is -2.27. The number of hydrogen-bond donors (Lipinski definition) is 2. The first-order chi connectivity index (χ1) is 10.3. The zero-order valence-corrected chi connectivity index (χ0v) is 12.6. The number of aromatic amines is 1. The van der Waals surface area contributed by atoms with Crippen LogP contribution in [0.5, 0.6) is 0 Å². The minimum atomic E-state index is -0.103. The van der Waals surface area contributed by atoms with Crippen LogP contribution in [0.15, 0.2) is 6.07 Å². The Bertz CT molecular complexity index is 482. The summed E-state index contributed by atoms with van der Waals surface area (Å²) in [5.41, 5.74) is 1.49. The van der Waals surface area contributed by atoms with Crippen molar-refractivity contribution in [2.24, 2.45) is 0 Å². The van der Waals surface area contributed by atoms with Gasteiger partial charge in [0.15, 0.2) is 0 Å². The van der Waals surface area contributed by atoms with Gasteiger partial charge in [0, 0.05) is 5.69 Å². The van der Waals surface area contributed by atoms with Crippen LogP contribution < -0.4 is 5.32 Å². The first kappa shape index (κ1) is 14.5. The topological polar surface area (TPSA) is 70.2 Å². The van der Waals surface area contributed by atoms with E-state index in [1.807, 2.05) is 6.07 Å². The third-order valence-corrected chi connectivity index (χ3v) is 4.36. The van der Waals surface area contributed by atoms with Crippen LogP contribution in [-0.2, 0) is 11.2 Å². The molecule has 1 aromatic rings. The Morgan fingerprint density at radius 2 is 2.29 bits per heavy atom. The number of carbonyl (C=O) groups is 1. The molecule has 2 aliphatic heterocycles. The average Bonchev–Trinajstić information content (AvgIpc) is 3.19. The van der Waals surface area contributed by atoms with Gasteiger partial charge in [-0.25, -0.2) is 0 Å². The molecule has 0 unspecified atom stereocenters. The van der Waals surface area contributed by atoms with E-state index in [0.29, 0.717) is 24.9 Å². The van der Waals surface area contributed by atoms with Crippen molar-refractivity contribution in [3.63, 3.8) is 0 Å². The molecule has 116 valence electrons. The molecule has 2 atom stereocenters. The van der Waals surface area contributed by atoms with Gasteiger partial charge in [-0.05, 0) is 38.4 Å². The molecule has 2 fully saturated rings. The van der Waals surface area contributed by atoms with Gasteiger partial charge in [0.2, 0.25) is 0 Å². The Kier molecular flexibility index (Phi) is 4.55. The number of carbonyl (C=O) groups excluding carboxylic acids is 1. The molecule has 0 spiro atoms. The van der Waals surface area contributed by atoms with Crippen LogP contribution in [0.2, 0.25) is 0 Å². The SMILES string of the molecule is CCCc1cc(C(=O)N[C@@H]2COC[C@H]2N2CCCC2)n[nH]1. The fourth-order valence-electron chi connectivity index (χ4n) is 3.23. The number of likely N-dealkylation sites (tertiary alicyclic amines) is 1. The van der Waals surface area contributed by atoms with Gasteiger partial charge in [0.05, 0.1) is 25.3 Å². The van der Waals surface area contributed by atoms with E-state index in [0.717, 1.165) is 31.6 Å². The summed E-state index contributed by atoms with van der Waals surface area (Å²) in [5.74, 6) is -0.103. The fourth-order valence-corrected chi connectivity index (χ4v) is 3.23. The Labute approximate surface area is 125 Å². The summed E-state index contributed by atoms with van der Waals surface area (Å²) in [5, 5.41) is 10.1. The summed E-state index contributed by atoms with van der Waals surface area (Å²) in [7, 11) is 0. The molecule has 3 rings (SSSR count). The van der Waals surface area contributed by atoms with Crippen molar-refractivity contribution in [1.29, 1.82) is 0 Å². The summed E-state index contributed by atoms with van der Waals surface area (Å²) >= 11 is 0. The number of ether oxygens (including phenoxy) is 1. The number of hydrogen-bond acceptors (Lipinski definition) is 4. The highest BCUT2D eigenvalue weighted by molar-refractivity contribution is 5.92. The lowest BCUT2D eigenvalue weighted by Crippen LogP contribution is -2.50. The van der Waals surface area contributed by atoms with E-state index in [-0.39, 0.29) is 11.9 Å². The molecule has 0 aromatic carbocycles. The van der Waals surface area contributed by atoms with Crippen LogP contribution in [-0.4, -0.2) is 59.4 Å². The molecular weight excluding hydrogens is 268 g/mol. The van der Waals surface area contributed by atoms with Gasteiger partial charge in [-0.3, -0.25) is 14.8 Å². The van der Waals surface area contributed by atoms with Gasteiger partial charge >= 0.3 is 0 Å². The van der Waals surface area contributed by atoms with E-state index in [2.05, 4.69) is 27.3 Å². The quantitative estimate of drug-likeness (QED) is 0.848. The van der Waals surface area contributed by atoms with Crippen molar-refractivity contribution in [1.82, 2.24) is 20.4 Å². The minimum absolute atomic E-state index is 0.0712. The number of aryl methyl sites for hydroxylation is 1. The zero-order valence-electron chi connectivity index (χ0n) is 12.6. The number of nitrogens with one attached hydrogen (secondary N) is 2. The van der Waals surface area contributed by atoms with E-state index >= 15 is 0 Å². The average molecular weight is 292 g/mol. The van der Waals surface area contributed by atoms with Crippen molar-refractivity contribution in [3.8, 4) is 0 Å². The molecule has 6 heteroatoms. The van der Waals surface area contributed by atoms with E-state index < -0.39 is 0 Å². The summed E-state index contributed by atoms with van der Waals surface area (Å²) in [6.45, 7) is 5.65. The van der Waals surface area contributed by atoms with Gasteiger partial charge in [0.1, 0.15) is 5.69 Å². The highest BCUT2D eigenvalue weighted by Crippen LogP contribution is 2.19. The van der Waals surface area contributed by atoms with E-state index in [1.165, 1.54) is 12.8 Å². The molecule has 2 saturated heterocycles. The molecule has 0 aliphatic carbocycles.